The van der Waals surface area contributed by atoms with Crippen LogP contribution in [0.15, 0.2) is 23.9 Å². The number of ether oxygens (including phenoxy) is 2. The van der Waals surface area contributed by atoms with Crippen LogP contribution in [0.3, 0.4) is 0 Å². The maximum atomic E-state index is 13.6. The van der Waals surface area contributed by atoms with E-state index in [9.17, 15) is 14.7 Å². The second-order valence-corrected chi connectivity index (χ2v) is 17.7. The molecule has 0 radical (unpaired) electrons. The third-order valence-corrected chi connectivity index (χ3v) is 13.2. The van der Waals surface area contributed by atoms with Crippen molar-refractivity contribution >= 4 is 70.6 Å². The second kappa shape index (κ2) is 20.1. The van der Waals surface area contributed by atoms with Crippen LogP contribution in [-0.2, 0) is 25.5 Å². The average Bonchev–Trinajstić information content (AvgIpc) is 3.94. The van der Waals surface area contributed by atoms with E-state index in [-0.39, 0.29) is 59.6 Å². The van der Waals surface area contributed by atoms with Crippen LogP contribution in [0.1, 0.15) is 138 Å². The van der Waals surface area contributed by atoms with Crippen LogP contribution in [0.25, 0.3) is 41.0 Å². The molecule has 3 aromatic heterocycles. The maximum Gasteiger partial charge on any atom is 2.00 e. The van der Waals surface area contributed by atoms with E-state index in [1.54, 1.807) is 0 Å². The summed E-state index contributed by atoms with van der Waals surface area (Å²) in [5.41, 5.74) is 10.3. The quantitative estimate of drug-likeness (QED) is 0.0775. The van der Waals surface area contributed by atoms with Gasteiger partial charge in [0.2, 0.25) is 0 Å². The summed E-state index contributed by atoms with van der Waals surface area (Å²) < 4.78 is 11.1. The van der Waals surface area contributed by atoms with Gasteiger partial charge in [0.1, 0.15) is 18.3 Å². The van der Waals surface area contributed by atoms with Crippen molar-refractivity contribution < 1.29 is 24.2 Å². The Morgan fingerprint density at radius 3 is 2.38 bits per heavy atom. The molecule has 5 heterocycles. The molecule has 0 amide bonds. The first kappa shape index (κ1) is 46.9. The number of aromatic amines is 2. The predicted octanol–water partition coefficient (Wildman–Crippen LogP) is 7.59. The molecular weight excluding hydrogens is 761 g/mol. The molecule has 0 aromatic carbocycles. The Balaban J connectivity index is 0.00000683. The molecule has 1 aliphatic carbocycles. The summed E-state index contributed by atoms with van der Waals surface area (Å²) in [7, 11) is 1.34. The molecule has 2 aliphatic heterocycles. The van der Waals surface area contributed by atoms with Crippen LogP contribution in [0, 0.1) is 50.4 Å². The summed E-state index contributed by atoms with van der Waals surface area (Å²) in [6.07, 6.45) is 18.8. The van der Waals surface area contributed by atoms with Crippen LogP contribution < -0.4 is 26.3 Å². The first-order valence-corrected chi connectivity index (χ1v) is 21.9. The Hall–Kier alpha value is -4.15. The van der Waals surface area contributed by atoms with Gasteiger partial charge in [-0.25, -0.2) is 0 Å². The molecule has 5 atom stereocenters. The fraction of sp³-hybridized carbons (Fsp3) is 0.520. The van der Waals surface area contributed by atoms with Gasteiger partial charge in [-0.15, -0.1) is 11.4 Å². The monoisotopic (exact) mass is 826 g/mol. The van der Waals surface area contributed by atoms with E-state index < -0.39 is 17.9 Å². The number of hydrogen-bond acceptors (Lipinski definition) is 5. The minimum atomic E-state index is -1.03. The zero-order valence-electron chi connectivity index (χ0n) is 37.8. The number of aliphatic hydroxyl groups excluding tert-OH is 1. The Bertz CT molecular complexity index is 2410. The number of carbonyl (C=O) groups is 2. The van der Waals surface area contributed by atoms with Crippen molar-refractivity contribution in [2.24, 2.45) is 29.6 Å². The number of nitrogens with zero attached hydrogens (tertiary/aromatic N) is 2. The van der Waals surface area contributed by atoms with E-state index >= 15 is 0 Å². The summed E-state index contributed by atoms with van der Waals surface area (Å²) in [4.78, 5) is 39.4. The topological polar surface area (TPSA) is 133 Å². The Kier molecular flexibility index (Phi) is 15.7. The van der Waals surface area contributed by atoms with Crippen molar-refractivity contribution in [3.63, 3.8) is 0 Å². The predicted molar refractivity (Wildman–Crippen MR) is 245 cm³/mol. The maximum absolute atomic E-state index is 13.6. The number of nitrogens with one attached hydrogen (secondary N) is 2. The first-order valence-electron chi connectivity index (χ1n) is 21.9. The number of carbonyl (C=O) groups excluding carboxylic acids is 2. The number of aromatic nitrogens is 3. The fourth-order valence-electron chi connectivity index (χ4n) is 9.57. The molecule has 0 saturated carbocycles. The number of H-pyrrole nitrogens is 2. The van der Waals surface area contributed by atoms with Gasteiger partial charge in [0, 0.05) is 33.4 Å². The summed E-state index contributed by atoms with van der Waals surface area (Å²) in [5, 5.41) is 20.5. The van der Waals surface area contributed by atoms with Gasteiger partial charge in [-0.05, 0) is 117 Å². The molecule has 318 valence electrons. The molecule has 60 heavy (non-hydrogen) atoms. The van der Waals surface area contributed by atoms with E-state index in [1.165, 1.54) is 43.9 Å². The van der Waals surface area contributed by atoms with E-state index in [4.69, 9.17) is 19.8 Å². The van der Waals surface area contributed by atoms with Gasteiger partial charge in [-0.3, -0.25) is 9.59 Å². The molecule has 1 fully saturated rings. The summed E-state index contributed by atoms with van der Waals surface area (Å²) in [5.74, 6) is -0.687. The number of fused-ring (bicyclic) bond motifs is 8. The zero-order valence-corrected chi connectivity index (χ0v) is 39.2. The molecule has 9 nitrogen and oxygen atoms in total. The third-order valence-electron chi connectivity index (χ3n) is 13.2. The van der Waals surface area contributed by atoms with Crippen molar-refractivity contribution in [3.8, 4) is 0 Å². The van der Waals surface area contributed by atoms with Gasteiger partial charge in [0.05, 0.1) is 7.11 Å². The van der Waals surface area contributed by atoms with Crippen molar-refractivity contribution in [1.82, 2.24) is 15.0 Å². The van der Waals surface area contributed by atoms with Gasteiger partial charge >= 0.3 is 35.0 Å². The number of esters is 2. The number of aliphatic hydroxyl groups is 1. The molecule has 8 bridgehead atoms. The standard InChI is InChI=1S/C50H66N4O5.Mg/c1-12-34-30(7)37-24-39-32(9)36(20-21-43(55)59-23-22-29(6)19-15-18-28(5)17-14-16-27(3)4)47(53-39)45-46(50(57)58-11)49(56)44-33(10)40(54-48(44)45)26-42-35(13-2)31(8)38(52-42)25-41(34)51-37;/h12,22,24-28,32,36,46-47,52,54,56H,1,13-21,23H2,2-11H3;/q-2;+2/b29-22+,38-25-,39-24-,42-26-;/t28-,32+,36+,46-,47?;/m1./s1. The Morgan fingerprint density at radius 2 is 1.70 bits per heavy atom. The molecule has 3 aromatic rings. The first-order chi connectivity index (χ1) is 28.2. The normalized spacial score (nSPS) is 21.9. The molecule has 3 N–H and O–H groups in total. The number of methoxy groups -OCH3 is 1. The van der Waals surface area contributed by atoms with Crippen molar-refractivity contribution in [2.75, 3.05) is 13.7 Å². The smallest absolute Gasteiger partial charge is 0.681 e. The van der Waals surface area contributed by atoms with Gasteiger partial charge in [-0.1, -0.05) is 102 Å². The number of hydrogen-bond donors (Lipinski definition) is 3. The van der Waals surface area contributed by atoms with Crippen LogP contribution in [-0.4, -0.2) is 69.8 Å². The summed E-state index contributed by atoms with van der Waals surface area (Å²) in [6.45, 7) is 23.8. The zero-order chi connectivity index (χ0) is 42.7. The SMILES string of the molecule is C=Cc1c2[n-]c(c1C)/C=C1\[N-]C(C3=c4[nH]c(c(C)c4=C(O)[C@@H]3C(=O)OC)/C=c3\[nH]/c(c(C)c3CC)=C\2)[C@@H](CCC(=O)OC/C=C(\C)CCC[C@H](C)CCCC(C)C)[C@@H]1C.[Mg+2]. The van der Waals surface area contributed by atoms with Crippen molar-refractivity contribution in [1.29, 1.82) is 0 Å². The fourth-order valence-corrected chi connectivity index (χ4v) is 9.57. The van der Waals surface area contributed by atoms with Gasteiger partial charge in [0.25, 0.3) is 0 Å². The van der Waals surface area contributed by atoms with E-state index in [0.29, 0.717) is 22.6 Å². The molecule has 6 rings (SSSR count). The van der Waals surface area contributed by atoms with Crippen LogP contribution >= 0.6 is 0 Å². The summed E-state index contributed by atoms with van der Waals surface area (Å²) in [6, 6.07) is -0.532. The van der Waals surface area contributed by atoms with Crippen molar-refractivity contribution in [3.05, 3.63) is 95.4 Å². The molecule has 1 saturated heterocycles. The van der Waals surface area contributed by atoms with Crippen LogP contribution in [0.2, 0.25) is 0 Å². The minimum Gasteiger partial charge on any atom is -0.681 e. The average molecular weight is 827 g/mol. The van der Waals surface area contributed by atoms with Gasteiger partial charge in [-0.2, -0.15) is 5.70 Å². The molecule has 10 heteroatoms. The second-order valence-electron chi connectivity index (χ2n) is 17.7. The Labute approximate surface area is 372 Å². The molecular formula is C50H66MgN4O5. The Morgan fingerprint density at radius 1 is 0.967 bits per heavy atom. The molecule has 0 spiro atoms. The number of allylic oxidation sites excluding steroid dienone is 2. The van der Waals surface area contributed by atoms with Crippen LogP contribution in [0.4, 0.5) is 0 Å². The minimum absolute atomic E-state index is 0. The summed E-state index contributed by atoms with van der Waals surface area (Å²) >= 11 is 0. The molecule has 1 unspecified atom stereocenters. The van der Waals surface area contributed by atoms with E-state index in [1.807, 2.05) is 25.2 Å². The van der Waals surface area contributed by atoms with Crippen LogP contribution in [0.5, 0.6) is 0 Å². The van der Waals surface area contributed by atoms with Gasteiger partial charge in [0.15, 0.2) is 0 Å². The third kappa shape index (κ3) is 9.65. The number of rotatable bonds is 16. The molecule has 3 aliphatic rings. The van der Waals surface area contributed by atoms with Crippen molar-refractivity contribution in [2.45, 2.75) is 126 Å². The largest absolute Gasteiger partial charge is 2.00 e. The van der Waals surface area contributed by atoms with Gasteiger partial charge < -0.3 is 34.8 Å². The van der Waals surface area contributed by atoms with E-state index in [0.717, 1.165) is 86.8 Å². The van der Waals surface area contributed by atoms with E-state index in [2.05, 4.69) is 84.1 Å².